The van der Waals surface area contributed by atoms with Gasteiger partial charge in [0.25, 0.3) is 0 Å². The fourth-order valence-corrected chi connectivity index (χ4v) is 4.08. The highest BCUT2D eigenvalue weighted by molar-refractivity contribution is 14.1. The molecule has 0 bridgehead atoms. The highest BCUT2D eigenvalue weighted by Crippen LogP contribution is 2.43. The monoisotopic (exact) mass is 315 g/mol. The minimum Gasteiger partial charge on any atom is -0.305 e. The van der Waals surface area contributed by atoms with Crippen LogP contribution in [-0.2, 0) is 0 Å². The van der Waals surface area contributed by atoms with E-state index in [2.05, 4.69) is 62.0 Å². The Morgan fingerprint density at radius 3 is 2.15 bits per heavy atom. The third kappa shape index (κ3) is 2.99. The van der Waals surface area contributed by atoms with Crippen molar-refractivity contribution in [3.63, 3.8) is 0 Å². The first-order chi connectivity index (χ1) is 5.99. The first-order valence-electron chi connectivity index (χ1n) is 4.79. The molecule has 0 aliphatic carbocycles. The number of hydrogen-bond acceptors (Lipinski definition) is 2. The molecule has 1 N–H and O–H groups in total. The topological polar surface area (TPSA) is 12.0 Å². The molecule has 3 heteroatoms. The van der Waals surface area contributed by atoms with Gasteiger partial charge in [0.2, 0.25) is 0 Å². The van der Waals surface area contributed by atoms with Crippen LogP contribution in [0.2, 0.25) is 0 Å². The van der Waals surface area contributed by atoms with Crippen LogP contribution in [0.1, 0.15) is 33.6 Å². The second-order valence-corrected chi connectivity index (χ2v) is 6.14. The van der Waals surface area contributed by atoms with E-state index in [4.69, 9.17) is 0 Å². The fourth-order valence-electron chi connectivity index (χ4n) is 1.70. The van der Waals surface area contributed by atoms with Gasteiger partial charge in [0, 0.05) is 4.43 Å². The molecule has 0 saturated carbocycles. The lowest BCUT2D eigenvalue weighted by atomic mass is 9.80. The normalized spacial score (nSPS) is 17.1. The van der Waals surface area contributed by atoms with Gasteiger partial charge in [-0.1, -0.05) is 43.4 Å². The third-order valence-electron chi connectivity index (χ3n) is 3.18. The molecule has 13 heavy (non-hydrogen) atoms. The molecule has 0 aromatic carbocycles. The molecular formula is C10H22INS. The van der Waals surface area contributed by atoms with Crippen LogP contribution in [0.5, 0.6) is 0 Å². The van der Waals surface area contributed by atoms with Crippen molar-refractivity contribution in [2.75, 3.05) is 17.7 Å². The van der Waals surface area contributed by atoms with Crippen molar-refractivity contribution in [2.24, 2.45) is 5.41 Å². The molecule has 0 aliphatic heterocycles. The number of rotatable bonds is 6. The van der Waals surface area contributed by atoms with Crippen LogP contribution in [-0.4, -0.2) is 22.6 Å². The van der Waals surface area contributed by atoms with Gasteiger partial charge < -0.3 is 5.32 Å². The summed E-state index contributed by atoms with van der Waals surface area (Å²) < 4.78 is 1.21. The summed E-state index contributed by atoms with van der Waals surface area (Å²) >= 11 is 4.42. The minimum absolute atomic E-state index is 0.239. The average molecular weight is 315 g/mol. The van der Waals surface area contributed by atoms with E-state index >= 15 is 0 Å². The van der Waals surface area contributed by atoms with Gasteiger partial charge in [0.1, 0.15) is 0 Å². The lowest BCUT2D eigenvalue weighted by Gasteiger charge is -2.45. The minimum atomic E-state index is 0.239. The van der Waals surface area contributed by atoms with E-state index < -0.39 is 0 Å². The predicted octanol–water partition coefficient (Wildman–Crippen LogP) is 3.53. The summed E-state index contributed by atoms with van der Waals surface area (Å²) in [5, 5.41) is 3.52. The van der Waals surface area contributed by atoms with E-state index in [-0.39, 0.29) is 4.87 Å². The van der Waals surface area contributed by atoms with Crippen molar-refractivity contribution in [2.45, 2.75) is 38.5 Å². The maximum absolute atomic E-state index is 3.52. The molecule has 0 rings (SSSR count). The second kappa shape index (κ2) is 5.81. The van der Waals surface area contributed by atoms with E-state index in [9.17, 15) is 0 Å². The van der Waals surface area contributed by atoms with Crippen LogP contribution < -0.4 is 5.32 Å². The van der Waals surface area contributed by atoms with Gasteiger partial charge in [-0.25, -0.2) is 0 Å². The Bertz CT molecular complexity index is 144. The maximum atomic E-state index is 3.52. The van der Waals surface area contributed by atoms with Gasteiger partial charge in [-0.3, -0.25) is 0 Å². The summed E-state index contributed by atoms with van der Waals surface area (Å²) in [5.74, 6) is 0. The average Bonchev–Trinajstić information content (AvgIpc) is 2.14. The standard InChI is InChI=1S/C10H22INS/c1-6-9(2,3)10(12-4,13-5)7-8-11/h12H,6-8H2,1-5H3. The molecule has 1 unspecified atom stereocenters. The summed E-state index contributed by atoms with van der Waals surface area (Å²) in [6.45, 7) is 6.98. The largest absolute Gasteiger partial charge is 0.305 e. The summed E-state index contributed by atoms with van der Waals surface area (Å²) in [5.41, 5.74) is 0.354. The van der Waals surface area contributed by atoms with E-state index in [0.29, 0.717) is 5.41 Å². The third-order valence-corrected chi connectivity index (χ3v) is 5.37. The number of nitrogens with one attached hydrogen (secondary N) is 1. The molecule has 1 atom stereocenters. The molecule has 0 aromatic rings. The molecule has 0 spiro atoms. The number of thioether (sulfide) groups is 1. The summed E-state index contributed by atoms with van der Waals surface area (Å²) in [7, 11) is 2.08. The Kier molecular flexibility index (Phi) is 6.27. The molecular weight excluding hydrogens is 293 g/mol. The van der Waals surface area contributed by atoms with Crippen molar-refractivity contribution in [3.8, 4) is 0 Å². The Balaban J connectivity index is 4.73. The van der Waals surface area contributed by atoms with Crippen LogP contribution in [0.3, 0.4) is 0 Å². The molecule has 0 aromatic heterocycles. The molecule has 0 heterocycles. The molecule has 1 nitrogen and oxygen atoms in total. The zero-order chi connectivity index (χ0) is 10.5. The van der Waals surface area contributed by atoms with Gasteiger partial charge in [-0.15, -0.1) is 11.8 Å². The first-order valence-corrected chi connectivity index (χ1v) is 7.54. The SMILES string of the molecule is CCC(C)(C)C(CCI)(NC)SC. The first kappa shape index (κ1) is 14.0. The zero-order valence-electron chi connectivity index (χ0n) is 9.41. The van der Waals surface area contributed by atoms with Gasteiger partial charge >= 0.3 is 0 Å². The van der Waals surface area contributed by atoms with Crippen molar-refractivity contribution in [1.29, 1.82) is 0 Å². The van der Waals surface area contributed by atoms with Gasteiger partial charge in [-0.05, 0) is 31.6 Å². The summed E-state index contributed by atoms with van der Waals surface area (Å²) in [6.07, 6.45) is 4.65. The number of halogens is 1. The lowest BCUT2D eigenvalue weighted by molar-refractivity contribution is 0.207. The smallest absolute Gasteiger partial charge is 0.0698 e. The molecule has 0 aliphatic rings. The lowest BCUT2D eigenvalue weighted by Crippen LogP contribution is -2.51. The quantitative estimate of drug-likeness (QED) is 0.457. The van der Waals surface area contributed by atoms with Gasteiger partial charge in [0.15, 0.2) is 0 Å². The van der Waals surface area contributed by atoms with E-state index in [1.54, 1.807) is 0 Å². The second-order valence-electron chi connectivity index (χ2n) is 3.96. The van der Waals surface area contributed by atoms with Crippen LogP contribution in [0.15, 0.2) is 0 Å². The van der Waals surface area contributed by atoms with Crippen LogP contribution in [0.25, 0.3) is 0 Å². The Labute approximate surface area is 101 Å². The number of hydrogen-bond donors (Lipinski definition) is 1. The Morgan fingerprint density at radius 2 is 1.92 bits per heavy atom. The molecule has 80 valence electrons. The number of alkyl halides is 1. The van der Waals surface area contributed by atoms with Gasteiger partial charge in [0.05, 0.1) is 4.87 Å². The fraction of sp³-hybridized carbons (Fsp3) is 1.00. The van der Waals surface area contributed by atoms with Crippen molar-refractivity contribution >= 4 is 34.4 Å². The van der Waals surface area contributed by atoms with Crippen molar-refractivity contribution < 1.29 is 0 Å². The predicted molar refractivity (Wildman–Crippen MR) is 72.9 cm³/mol. The zero-order valence-corrected chi connectivity index (χ0v) is 12.4. The molecule has 0 fully saturated rings. The van der Waals surface area contributed by atoms with E-state index in [0.717, 1.165) is 0 Å². The molecule has 0 radical (unpaired) electrons. The highest BCUT2D eigenvalue weighted by atomic mass is 127. The van der Waals surface area contributed by atoms with Crippen LogP contribution >= 0.6 is 34.4 Å². The highest BCUT2D eigenvalue weighted by Gasteiger charge is 2.41. The van der Waals surface area contributed by atoms with Crippen LogP contribution in [0.4, 0.5) is 0 Å². The van der Waals surface area contributed by atoms with Crippen molar-refractivity contribution in [3.05, 3.63) is 0 Å². The Morgan fingerprint density at radius 1 is 1.38 bits per heavy atom. The van der Waals surface area contributed by atoms with Gasteiger partial charge in [-0.2, -0.15) is 0 Å². The van der Waals surface area contributed by atoms with Crippen LogP contribution in [0, 0.1) is 5.41 Å². The van der Waals surface area contributed by atoms with Crippen molar-refractivity contribution in [1.82, 2.24) is 5.32 Å². The maximum Gasteiger partial charge on any atom is 0.0698 e. The molecule has 0 saturated heterocycles. The summed E-state index contributed by atoms with van der Waals surface area (Å²) in [6, 6.07) is 0. The summed E-state index contributed by atoms with van der Waals surface area (Å²) in [4.78, 5) is 0.239. The molecule has 0 amide bonds. The van der Waals surface area contributed by atoms with E-state index in [1.807, 2.05) is 11.8 Å². The van der Waals surface area contributed by atoms with E-state index in [1.165, 1.54) is 17.3 Å². The Hall–Kier alpha value is 1.04.